The van der Waals surface area contributed by atoms with Crippen LogP contribution in [0.25, 0.3) is 0 Å². The maximum absolute atomic E-state index is 11.9. The lowest BCUT2D eigenvalue weighted by Gasteiger charge is -2.32. The SMILES string of the molecule is CCCCCCNC(=O)N1CCOC(CC(=O)O)C1. The highest BCUT2D eigenvalue weighted by Crippen LogP contribution is 2.09. The first-order valence-corrected chi connectivity index (χ1v) is 6.99. The van der Waals surface area contributed by atoms with E-state index < -0.39 is 12.1 Å². The average Bonchev–Trinajstić information content (AvgIpc) is 2.38. The number of urea groups is 1. The number of morpholine rings is 1. The fraction of sp³-hybridized carbons (Fsp3) is 0.846. The summed E-state index contributed by atoms with van der Waals surface area (Å²) in [6.07, 6.45) is 4.03. The molecule has 6 nitrogen and oxygen atoms in total. The second-order valence-corrected chi connectivity index (χ2v) is 4.83. The summed E-state index contributed by atoms with van der Waals surface area (Å²) in [6.45, 7) is 4.11. The Morgan fingerprint density at radius 3 is 2.84 bits per heavy atom. The van der Waals surface area contributed by atoms with Gasteiger partial charge < -0.3 is 20.1 Å². The molecule has 0 aliphatic carbocycles. The van der Waals surface area contributed by atoms with Crippen LogP contribution < -0.4 is 5.32 Å². The molecule has 19 heavy (non-hydrogen) atoms. The molecule has 110 valence electrons. The smallest absolute Gasteiger partial charge is 0.317 e. The van der Waals surface area contributed by atoms with Crippen molar-refractivity contribution >= 4 is 12.0 Å². The van der Waals surface area contributed by atoms with E-state index in [9.17, 15) is 9.59 Å². The van der Waals surface area contributed by atoms with Gasteiger partial charge in [-0.1, -0.05) is 26.2 Å². The van der Waals surface area contributed by atoms with Gasteiger partial charge in [-0.15, -0.1) is 0 Å². The van der Waals surface area contributed by atoms with Crippen molar-refractivity contribution in [1.82, 2.24) is 10.2 Å². The third-order valence-electron chi connectivity index (χ3n) is 3.13. The second-order valence-electron chi connectivity index (χ2n) is 4.83. The molecule has 1 heterocycles. The van der Waals surface area contributed by atoms with E-state index in [1.807, 2.05) is 0 Å². The topological polar surface area (TPSA) is 78.9 Å². The molecular weight excluding hydrogens is 248 g/mol. The van der Waals surface area contributed by atoms with Crippen LogP contribution >= 0.6 is 0 Å². The first-order valence-electron chi connectivity index (χ1n) is 6.99. The molecule has 2 amide bonds. The largest absolute Gasteiger partial charge is 0.481 e. The molecule has 2 N–H and O–H groups in total. The summed E-state index contributed by atoms with van der Waals surface area (Å²) in [5.74, 6) is -0.896. The highest BCUT2D eigenvalue weighted by Gasteiger charge is 2.25. The fourth-order valence-corrected chi connectivity index (χ4v) is 2.08. The van der Waals surface area contributed by atoms with Crippen LogP contribution in [0.4, 0.5) is 4.79 Å². The Morgan fingerprint density at radius 1 is 1.37 bits per heavy atom. The summed E-state index contributed by atoms with van der Waals surface area (Å²) in [7, 11) is 0. The predicted molar refractivity (Wildman–Crippen MR) is 71.1 cm³/mol. The van der Waals surface area contributed by atoms with Gasteiger partial charge in [0.25, 0.3) is 0 Å². The molecule has 0 aromatic carbocycles. The van der Waals surface area contributed by atoms with Gasteiger partial charge >= 0.3 is 12.0 Å². The highest BCUT2D eigenvalue weighted by molar-refractivity contribution is 5.74. The summed E-state index contributed by atoms with van der Waals surface area (Å²) in [6, 6.07) is -0.116. The summed E-state index contributed by atoms with van der Waals surface area (Å²) in [5.41, 5.74) is 0. The molecule has 1 aliphatic rings. The normalized spacial score (nSPS) is 19.2. The number of nitrogens with one attached hydrogen (secondary N) is 1. The lowest BCUT2D eigenvalue weighted by molar-refractivity contribution is -0.141. The van der Waals surface area contributed by atoms with Crippen molar-refractivity contribution in [3.63, 3.8) is 0 Å². The fourth-order valence-electron chi connectivity index (χ4n) is 2.08. The van der Waals surface area contributed by atoms with Gasteiger partial charge in [-0.25, -0.2) is 4.79 Å². The number of nitrogens with zero attached hydrogens (tertiary/aromatic N) is 1. The number of carboxylic acids is 1. The third kappa shape index (κ3) is 6.42. The van der Waals surface area contributed by atoms with Crippen molar-refractivity contribution < 1.29 is 19.4 Å². The highest BCUT2D eigenvalue weighted by atomic mass is 16.5. The van der Waals surface area contributed by atoms with E-state index in [0.29, 0.717) is 26.2 Å². The van der Waals surface area contributed by atoms with Crippen LogP contribution in [0.1, 0.15) is 39.0 Å². The van der Waals surface area contributed by atoms with Crippen molar-refractivity contribution in [2.45, 2.75) is 45.1 Å². The number of aliphatic carboxylic acids is 1. The molecule has 1 fully saturated rings. The molecule has 0 aromatic heterocycles. The van der Waals surface area contributed by atoms with Crippen molar-refractivity contribution in [2.75, 3.05) is 26.2 Å². The van der Waals surface area contributed by atoms with Crippen LogP contribution in [0.5, 0.6) is 0 Å². The minimum absolute atomic E-state index is 0.0553. The van der Waals surface area contributed by atoms with Crippen molar-refractivity contribution in [2.24, 2.45) is 0 Å². The molecule has 0 spiro atoms. The zero-order chi connectivity index (χ0) is 14.1. The van der Waals surface area contributed by atoms with E-state index >= 15 is 0 Å². The molecule has 1 saturated heterocycles. The number of rotatable bonds is 7. The first-order chi connectivity index (χ1) is 9.13. The van der Waals surface area contributed by atoms with E-state index in [1.54, 1.807) is 4.90 Å². The molecule has 1 atom stereocenters. The summed E-state index contributed by atoms with van der Waals surface area (Å²) >= 11 is 0. The Kier molecular flexibility index (Phi) is 7.25. The van der Waals surface area contributed by atoms with E-state index in [2.05, 4.69) is 12.2 Å². The zero-order valence-corrected chi connectivity index (χ0v) is 11.6. The molecule has 0 bridgehead atoms. The molecule has 0 aromatic rings. The minimum atomic E-state index is -0.896. The van der Waals surface area contributed by atoms with Crippen LogP contribution in [-0.2, 0) is 9.53 Å². The van der Waals surface area contributed by atoms with Gasteiger partial charge in [-0.05, 0) is 6.42 Å². The Labute approximate surface area is 114 Å². The Hall–Kier alpha value is -1.30. The standard InChI is InChI=1S/C13H24N2O4/c1-2-3-4-5-6-14-13(18)15-7-8-19-11(10-15)9-12(16)17/h11H,2-10H2,1H3,(H,14,18)(H,16,17). The molecule has 1 rings (SSSR count). The van der Waals surface area contributed by atoms with Gasteiger partial charge in [0.15, 0.2) is 0 Å². The molecule has 6 heteroatoms. The van der Waals surface area contributed by atoms with Gasteiger partial charge in [-0.3, -0.25) is 4.79 Å². The van der Waals surface area contributed by atoms with Crippen LogP contribution in [0.3, 0.4) is 0 Å². The number of hydrogen-bond acceptors (Lipinski definition) is 3. The lowest BCUT2D eigenvalue weighted by Crippen LogP contribution is -2.50. The molecule has 0 saturated carbocycles. The van der Waals surface area contributed by atoms with Gasteiger partial charge in [0.1, 0.15) is 0 Å². The summed E-state index contributed by atoms with van der Waals surface area (Å²) in [5, 5.41) is 11.6. The Bertz CT molecular complexity index is 296. The van der Waals surface area contributed by atoms with Crippen molar-refractivity contribution in [3.8, 4) is 0 Å². The number of carboxylic acid groups (broad SMARTS) is 1. The van der Waals surface area contributed by atoms with Gasteiger partial charge in [-0.2, -0.15) is 0 Å². The Morgan fingerprint density at radius 2 is 2.16 bits per heavy atom. The van der Waals surface area contributed by atoms with E-state index in [1.165, 1.54) is 12.8 Å². The summed E-state index contributed by atoms with van der Waals surface area (Å²) < 4.78 is 5.32. The van der Waals surface area contributed by atoms with Gasteiger partial charge in [0.2, 0.25) is 0 Å². The quantitative estimate of drug-likeness (QED) is 0.688. The average molecular weight is 272 g/mol. The first kappa shape index (κ1) is 15.8. The number of ether oxygens (including phenoxy) is 1. The molecule has 1 aliphatic heterocycles. The van der Waals surface area contributed by atoms with Crippen LogP contribution in [0.2, 0.25) is 0 Å². The van der Waals surface area contributed by atoms with Crippen molar-refractivity contribution in [1.29, 1.82) is 0 Å². The van der Waals surface area contributed by atoms with E-state index in [0.717, 1.165) is 12.8 Å². The Balaban J connectivity index is 2.22. The van der Waals surface area contributed by atoms with E-state index in [4.69, 9.17) is 9.84 Å². The maximum atomic E-state index is 11.9. The number of hydrogen-bond donors (Lipinski definition) is 2. The number of carbonyl (C=O) groups excluding carboxylic acids is 1. The van der Waals surface area contributed by atoms with Crippen molar-refractivity contribution in [3.05, 3.63) is 0 Å². The molecular formula is C13H24N2O4. The van der Waals surface area contributed by atoms with Crippen LogP contribution in [-0.4, -0.2) is 54.4 Å². The van der Waals surface area contributed by atoms with Gasteiger partial charge in [0, 0.05) is 19.6 Å². The molecule has 1 unspecified atom stereocenters. The lowest BCUT2D eigenvalue weighted by atomic mass is 10.2. The number of unbranched alkanes of at least 4 members (excludes halogenated alkanes) is 3. The maximum Gasteiger partial charge on any atom is 0.317 e. The number of amides is 2. The monoisotopic (exact) mass is 272 g/mol. The number of carbonyl (C=O) groups is 2. The zero-order valence-electron chi connectivity index (χ0n) is 11.6. The van der Waals surface area contributed by atoms with Gasteiger partial charge in [0.05, 0.1) is 19.1 Å². The third-order valence-corrected chi connectivity index (χ3v) is 3.13. The van der Waals surface area contributed by atoms with Crippen LogP contribution in [0.15, 0.2) is 0 Å². The van der Waals surface area contributed by atoms with E-state index in [-0.39, 0.29) is 12.5 Å². The predicted octanol–water partition coefficient (Wildman–Crippen LogP) is 1.45. The summed E-state index contributed by atoms with van der Waals surface area (Å²) in [4.78, 5) is 24.1. The molecule has 0 radical (unpaired) electrons. The minimum Gasteiger partial charge on any atom is -0.481 e. The van der Waals surface area contributed by atoms with Crippen LogP contribution in [0, 0.1) is 0 Å². The second kappa shape index (κ2) is 8.74.